The molecule has 18 heavy (non-hydrogen) atoms. The van der Waals surface area contributed by atoms with Gasteiger partial charge in [-0.25, -0.2) is 4.79 Å². The second-order valence-corrected chi connectivity index (χ2v) is 3.71. The molecule has 0 bridgehead atoms. The van der Waals surface area contributed by atoms with Crippen molar-refractivity contribution in [3.63, 3.8) is 0 Å². The van der Waals surface area contributed by atoms with Crippen LogP contribution >= 0.6 is 0 Å². The van der Waals surface area contributed by atoms with Crippen molar-refractivity contribution in [2.75, 3.05) is 0 Å². The number of nitrogens with zero attached hydrogens (tertiary/aromatic N) is 1. The maximum absolute atomic E-state index is 11.4. The van der Waals surface area contributed by atoms with Gasteiger partial charge in [-0.2, -0.15) is 4.99 Å². The van der Waals surface area contributed by atoms with E-state index in [1.165, 1.54) is 0 Å². The first-order valence-corrected chi connectivity index (χ1v) is 6.47. The lowest BCUT2D eigenvalue weighted by Gasteiger charge is -2.06. The maximum Gasteiger partial charge on any atom is 0.434 e. The van der Waals surface area contributed by atoms with Gasteiger partial charge in [0, 0.05) is 0 Å². The number of carbonyl (C=O) groups excluding carboxylic acids is 1. The van der Waals surface area contributed by atoms with E-state index < -0.39 is 6.09 Å². The molecule has 0 saturated heterocycles. The Balaban J connectivity index is 0.00000137. The average molecular weight is 249 g/mol. The molecule has 1 rings (SSSR count). The van der Waals surface area contributed by atoms with Crippen LogP contribution in [0.1, 0.15) is 46.6 Å². The van der Waals surface area contributed by atoms with Crippen molar-refractivity contribution in [1.29, 1.82) is 0 Å². The monoisotopic (exact) mass is 249 g/mol. The Hall–Kier alpha value is -1.64. The first-order chi connectivity index (χ1) is 8.63. The Morgan fingerprint density at radius 2 is 1.78 bits per heavy atom. The Morgan fingerprint density at radius 3 is 2.22 bits per heavy atom. The first-order valence-electron chi connectivity index (χ1n) is 6.47. The molecule has 0 aliphatic heterocycles. The summed E-state index contributed by atoms with van der Waals surface area (Å²) in [5.74, 6) is 0. The van der Waals surface area contributed by atoms with Gasteiger partial charge < -0.3 is 4.74 Å². The predicted molar refractivity (Wildman–Crippen MR) is 76.2 cm³/mol. The van der Waals surface area contributed by atoms with Crippen LogP contribution in [0.4, 0.5) is 4.79 Å². The lowest BCUT2D eigenvalue weighted by atomic mass is 10.1. The van der Waals surface area contributed by atoms with Gasteiger partial charge in [-0.15, -0.1) is 0 Å². The summed E-state index contributed by atoms with van der Waals surface area (Å²) in [4.78, 5) is 15.3. The van der Waals surface area contributed by atoms with Crippen molar-refractivity contribution in [3.8, 4) is 0 Å². The van der Waals surface area contributed by atoms with Gasteiger partial charge in [-0.3, -0.25) is 0 Å². The molecule has 0 unspecified atom stereocenters. The molecule has 0 N–H and O–H groups in total. The quantitative estimate of drug-likeness (QED) is 0.742. The Kier molecular flexibility index (Phi) is 8.54. The van der Waals surface area contributed by atoms with Gasteiger partial charge in [0.15, 0.2) is 0 Å². The zero-order valence-corrected chi connectivity index (χ0v) is 11.9. The third-order valence-electron chi connectivity index (χ3n) is 2.00. The first kappa shape index (κ1) is 16.4. The minimum atomic E-state index is -0.518. The van der Waals surface area contributed by atoms with Crippen LogP contribution in [0.2, 0.25) is 0 Å². The number of hydrogen-bond acceptors (Lipinski definition) is 2. The summed E-state index contributed by atoms with van der Waals surface area (Å²) in [6, 6.07) is 9.65. The summed E-state index contributed by atoms with van der Waals surface area (Å²) < 4.78 is 4.98. The van der Waals surface area contributed by atoms with E-state index in [9.17, 15) is 4.79 Å². The maximum atomic E-state index is 11.4. The van der Waals surface area contributed by atoms with Gasteiger partial charge in [-0.1, -0.05) is 51.1 Å². The van der Waals surface area contributed by atoms with E-state index >= 15 is 0 Å². The number of rotatable bonds is 3. The van der Waals surface area contributed by atoms with Crippen LogP contribution in [0.25, 0.3) is 0 Å². The molecule has 1 aromatic rings. The van der Waals surface area contributed by atoms with Crippen LogP contribution in [-0.2, 0) is 4.74 Å². The average Bonchev–Trinajstić information content (AvgIpc) is 2.38. The molecule has 3 heteroatoms. The molecule has 0 radical (unpaired) electrons. The SMILES string of the molecule is CC.CC/C(=N/C(=O)OC(C)C)c1ccccc1. The van der Waals surface area contributed by atoms with Crippen molar-refractivity contribution in [2.45, 2.75) is 47.1 Å². The number of ether oxygens (including phenoxy) is 1. The molecule has 1 amide bonds. The Morgan fingerprint density at radius 1 is 1.22 bits per heavy atom. The summed E-state index contributed by atoms with van der Waals surface area (Å²) in [7, 11) is 0. The fraction of sp³-hybridized carbons (Fsp3) is 0.467. The minimum Gasteiger partial charge on any atom is -0.445 e. The van der Waals surface area contributed by atoms with Crippen LogP contribution in [0, 0.1) is 0 Å². The van der Waals surface area contributed by atoms with E-state index in [-0.39, 0.29) is 6.10 Å². The molecular weight excluding hydrogens is 226 g/mol. The number of aliphatic imine (C=N–C) groups is 1. The molecule has 0 aliphatic carbocycles. The largest absolute Gasteiger partial charge is 0.445 e. The van der Waals surface area contributed by atoms with Gasteiger partial charge in [-0.05, 0) is 25.8 Å². The lowest BCUT2D eigenvalue weighted by molar-refractivity contribution is 0.126. The van der Waals surface area contributed by atoms with Crippen LogP contribution in [0.15, 0.2) is 35.3 Å². The third-order valence-corrected chi connectivity index (χ3v) is 2.00. The van der Waals surface area contributed by atoms with E-state index in [2.05, 4.69) is 4.99 Å². The lowest BCUT2D eigenvalue weighted by Crippen LogP contribution is -2.10. The van der Waals surface area contributed by atoms with Crippen molar-refractivity contribution in [1.82, 2.24) is 0 Å². The second kappa shape index (κ2) is 9.40. The van der Waals surface area contributed by atoms with Gasteiger partial charge in [0.25, 0.3) is 0 Å². The van der Waals surface area contributed by atoms with Crippen molar-refractivity contribution in [3.05, 3.63) is 35.9 Å². The van der Waals surface area contributed by atoms with Crippen LogP contribution in [0.5, 0.6) is 0 Å². The predicted octanol–water partition coefficient (Wildman–Crippen LogP) is 4.46. The van der Waals surface area contributed by atoms with E-state index in [1.807, 2.05) is 65.0 Å². The molecule has 0 heterocycles. The number of carbonyl (C=O) groups is 1. The zero-order valence-electron chi connectivity index (χ0n) is 11.9. The number of amides is 1. The van der Waals surface area contributed by atoms with Crippen molar-refractivity contribution < 1.29 is 9.53 Å². The number of hydrogen-bond donors (Lipinski definition) is 0. The molecule has 0 saturated carbocycles. The molecule has 0 aromatic heterocycles. The summed E-state index contributed by atoms with van der Waals surface area (Å²) >= 11 is 0. The van der Waals surface area contributed by atoms with Crippen molar-refractivity contribution >= 4 is 11.8 Å². The molecule has 1 aromatic carbocycles. The molecular formula is C15H23NO2. The topological polar surface area (TPSA) is 38.7 Å². The number of benzene rings is 1. The van der Waals surface area contributed by atoms with Gasteiger partial charge in [0.2, 0.25) is 0 Å². The van der Waals surface area contributed by atoms with Crippen LogP contribution in [-0.4, -0.2) is 17.9 Å². The van der Waals surface area contributed by atoms with E-state index in [0.717, 1.165) is 11.3 Å². The van der Waals surface area contributed by atoms with Gasteiger partial charge in [0.1, 0.15) is 0 Å². The van der Waals surface area contributed by atoms with E-state index in [0.29, 0.717) is 6.42 Å². The third kappa shape index (κ3) is 6.18. The summed E-state index contributed by atoms with van der Waals surface area (Å²) in [6.45, 7) is 9.58. The van der Waals surface area contributed by atoms with E-state index in [1.54, 1.807) is 0 Å². The molecule has 3 nitrogen and oxygen atoms in total. The van der Waals surface area contributed by atoms with Gasteiger partial charge in [0.05, 0.1) is 11.8 Å². The molecule has 0 fully saturated rings. The van der Waals surface area contributed by atoms with Crippen LogP contribution < -0.4 is 0 Å². The summed E-state index contributed by atoms with van der Waals surface area (Å²) in [5.41, 5.74) is 1.72. The van der Waals surface area contributed by atoms with Gasteiger partial charge >= 0.3 is 6.09 Å². The molecule has 0 atom stereocenters. The standard InChI is InChI=1S/C13H17NO2.C2H6/c1-4-12(11-8-6-5-7-9-11)14-13(15)16-10(2)3;1-2/h5-10H,4H2,1-3H3;1-2H3/b14-12-;. The highest BCUT2D eigenvalue weighted by Gasteiger charge is 2.06. The Bertz CT molecular complexity index is 369. The smallest absolute Gasteiger partial charge is 0.434 e. The normalized spacial score (nSPS) is 10.7. The highest BCUT2D eigenvalue weighted by molar-refractivity contribution is 6.05. The molecule has 0 spiro atoms. The highest BCUT2D eigenvalue weighted by Crippen LogP contribution is 2.05. The minimum absolute atomic E-state index is 0.134. The van der Waals surface area contributed by atoms with E-state index in [4.69, 9.17) is 4.74 Å². The second-order valence-electron chi connectivity index (χ2n) is 3.71. The fourth-order valence-electron chi connectivity index (χ4n) is 1.32. The van der Waals surface area contributed by atoms with Crippen LogP contribution in [0.3, 0.4) is 0 Å². The van der Waals surface area contributed by atoms with Crippen molar-refractivity contribution in [2.24, 2.45) is 4.99 Å². The Labute approximate surface area is 110 Å². The molecule has 100 valence electrons. The zero-order chi connectivity index (χ0) is 14.0. The summed E-state index contributed by atoms with van der Waals surface area (Å²) in [6.07, 6.45) is 0.0536. The summed E-state index contributed by atoms with van der Waals surface area (Å²) in [5, 5.41) is 0. The fourth-order valence-corrected chi connectivity index (χ4v) is 1.32. The highest BCUT2D eigenvalue weighted by atomic mass is 16.6. The molecule has 0 aliphatic rings.